The average Bonchev–Trinajstić information content (AvgIpc) is 2.74. The van der Waals surface area contributed by atoms with E-state index in [4.69, 9.17) is 0 Å². The molecule has 94 valence electrons. The maximum atomic E-state index is 11.0. The second-order valence-corrected chi connectivity index (χ2v) is 4.11. The number of nitro groups is 1. The molecule has 0 atom stereocenters. The Kier molecular flexibility index (Phi) is 3.37. The van der Waals surface area contributed by atoms with E-state index in [0.29, 0.717) is 5.16 Å². The first-order valence-corrected chi connectivity index (χ1v) is 5.64. The van der Waals surface area contributed by atoms with Crippen molar-refractivity contribution in [1.29, 1.82) is 0 Å². The summed E-state index contributed by atoms with van der Waals surface area (Å²) < 4.78 is 1.51. The molecule has 0 aromatic carbocycles. The van der Waals surface area contributed by atoms with Crippen LogP contribution >= 0.6 is 11.8 Å². The average molecular weight is 267 g/mol. The SMILES string of the molecule is CNc1ncnc(Sc2ncnn2C)c1[N+](=O)[O-]. The summed E-state index contributed by atoms with van der Waals surface area (Å²) in [7, 11) is 3.26. The zero-order valence-electron chi connectivity index (χ0n) is 9.56. The summed E-state index contributed by atoms with van der Waals surface area (Å²) in [4.78, 5) is 22.2. The highest BCUT2D eigenvalue weighted by atomic mass is 32.2. The molecule has 0 radical (unpaired) electrons. The van der Waals surface area contributed by atoms with Crippen molar-refractivity contribution < 1.29 is 4.92 Å². The number of aryl methyl sites for hydroxylation is 1. The van der Waals surface area contributed by atoms with Crippen molar-refractivity contribution in [3.8, 4) is 0 Å². The Labute approximate surface area is 106 Å². The molecule has 0 unspecified atom stereocenters. The molecular formula is C8H9N7O2S. The predicted molar refractivity (Wildman–Crippen MR) is 63.4 cm³/mol. The van der Waals surface area contributed by atoms with Crippen LogP contribution in [0.2, 0.25) is 0 Å². The van der Waals surface area contributed by atoms with Crippen LogP contribution < -0.4 is 5.32 Å². The minimum absolute atomic E-state index is 0.166. The highest BCUT2D eigenvalue weighted by Gasteiger charge is 2.24. The van der Waals surface area contributed by atoms with Gasteiger partial charge in [-0.25, -0.2) is 19.6 Å². The number of anilines is 1. The summed E-state index contributed by atoms with van der Waals surface area (Å²) in [6.45, 7) is 0. The molecule has 10 heteroatoms. The van der Waals surface area contributed by atoms with Crippen LogP contribution in [-0.4, -0.2) is 36.7 Å². The smallest absolute Gasteiger partial charge is 0.343 e. The molecule has 0 amide bonds. The van der Waals surface area contributed by atoms with Gasteiger partial charge in [0.15, 0.2) is 10.2 Å². The lowest BCUT2D eigenvalue weighted by atomic mass is 10.5. The molecule has 0 bridgehead atoms. The van der Waals surface area contributed by atoms with E-state index < -0.39 is 4.92 Å². The van der Waals surface area contributed by atoms with Crippen LogP contribution in [0.25, 0.3) is 0 Å². The minimum atomic E-state index is -0.523. The Morgan fingerprint density at radius 1 is 1.39 bits per heavy atom. The second kappa shape index (κ2) is 4.96. The molecule has 0 fully saturated rings. The molecule has 9 nitrogen and oxygen atoms in total. The molecule has 0 aliphatic rings. The van der Waals surface area contributed by atoms with Crippen LogP contribution in [0.1, 0.15) is 0 Å². The van der Waals surface area contributed by atoms with E-state index in [0.717, 1.165) is 11.8 Å². The second-order valence-electron chi connectivity index (χ2n) is 3.15. The highest BCUT2D eigenvalue weighted by Crippen LogP contribution is 2.34. The summed E-state index contributed by atoms with van der Waals surface area (Å²) in [6, 6.07) is 0. The van der Waals surface area contributed by atoms with Gasteiger partial charge in [0.1, 0.15) is 12.7 Å². The van der Waals surface area contributed by atoms with Crippen molar-refractivity contribution in [2.75, 3.05) is 12.4 Å². The minimum Gasteiger partial charge on any atom is -0.367 e. The molecule has 18 heavy (non-hydrogen) atoms. The Morgan fingerprint density at radius 2 is 2.17 bits per heavy atom. The topological polar surface area (TPSA) is 112 Å². The first-order chi connectivity index (χ1) is 8.63. The summed E-state index contributed by atoms with van der Waals surface area (Å²) in [5.41, 5.74) is -0.173. The maximum Gasteiger partial charge on any atom is 0.343 e. The molecule has 0 aliphatic carbocycles. The molecule has 2 aromatic heterocycles. The molecule has 0 aliphatic heterocycles. The van der Waals surface area contributed by atoms with E-state index in [1.807, 2.05) is 0 Å². The van der Waals surface area contributed by atoms with E-state index >= 15 is 0 Å². The fourth-order valence-electron chi connectivity index (χ4n) is 1.25. The van der Waals surface area contributed by atoms with Gasteiger partial charge in [-0.15, -0.1) is 0 Å². The molecule has 0 saturated carbocycles. The van der Waals surface area contributed by atoms with Gasteiger partial charge in [-0.05, 0) is 11.8 Å². The zero-order chi connectivity index (χ0) is 13.1. The molecule has 0 saturated heterocycles. The maximum absolute atomic E-state index is 11.0. The van der Waals surface area contributed by atoms with Crippen molar-refractivity contribution in [2.45, 2.75) is 10.2 Å². The highest BCUT2D eigenvalue weighted by molar-refractivity contribution is 7.99. The third-order valence-corrected chi connectivity index (χ3v) is 3.11. The summed E-state index contributed by atoms with van der Waals surface area (Å²) >= 11 is 1.06. The normalized spacial score (nSPS) is 10.3. The lowest BCUT2D eigenvalue weighted by molar-refractivity contribution is -0.387. The standard InChI is InChI=1S/C8H9N7O2S/c1-9-6-5(15(16)17)7(11-3-10-6)18-8-12-4-13-14(8)2/h3-4H,1-2H3,(H,9,10,11). The number of hydrogen-bond acceptors (Lipinski definition) is 8. The summed E-state index contributed by atoms with van der Waals surface area (Å²) in [6.07, 6.45) is 2.63. The predicted octanol–water partition coefficient (Wildman–Crippen LogP) is 0.706. The number of nitrogens with one attached hydrogen (secondary N) is 1. The van der Waals surface area contributed by atoms with Crippen LogP contribution in [-0.2, 0) is 7.05 Å². The number of aromatic nitrogens is 5. The van der Waals surface area contributed by atoms with Crippen molar-refractivity contribution in [3.63, 3.8) is 0 Å². The molecular weight excluding hydrogens is 258 g/mol. The molecule has 2 heterocycles. The van der Waals surface area contributed by atoms with E-state index in [1.54, 1.807) is 14.1 Å². The molecule has 1 N–H and O–H groups in total. The van der Waals surface area contributed by atoms with Crippen molar-refractivity contribution in [2.24, 2.45) is 7.05 Å². The van der Waals surface area contributed by atoms with Gasteiger partial charge in [-0.3, -0.25) is 10.1 Å². The quantitative estimate of drug-likeness (QED) is 0.489. The van der Waals surface area contributed by atoms with E-state index in [-0.39, 0.29) is 16.5 Å². The number of rotatable bonds is 4. The van der Waals surface area contributed by atoms with Gasteiger partial charge >= 0.3 is 5.69 Å². The number of nitrogens with zero attached hydrogens (tertiary/aromatic N) is 6. The third-order valence-electron chi connectivity index (χ3n) is 2.07. The van der Waals surface area contributed by atoms with Crippen molar-refractivity contribution in [1.82, 2.24) is 24.7 Å². The van der Waals surface area contributed by atoms with E-state index in [9.17, 15) is 10.1 Å². The van der Waals surface area contributed by atoms with Gasteiger partial charge < -0.3 is 5.32 Å². The Balaban J connectivity index is 2.44. The fourth-order valence-corrected chi connectivity index (χ4v) is 2.07. The van der Waals surface area contributed by atoms with Gasteiger partial charge in [0.25, 0.3) is 0 Å². The van der Waals surface area contributed by atoms with Gasteiger partial charge in [-0.1, -0.05) is 0 Å². The third kappa shape index (κ3) is 2.22. The monoisotopic (exact) mass is 267 g/mol. The van der Waals surface area contributed by atoms with Gasteiger partial charge in [-0.2, -0.15) is 5.10 Å². The van der Waals surface area contributed by atoms with Gasteiger partial charge in [0.05, 0.1) is 4.92 Å². The zero-order valence-corrected chi connectivity index (χ0v) is 10.4. The lowest BCUT2D eigenvalue weighted by Gasteiger charge is -2.04. The van der Waals surface area contributed by atoms with Crippen molar-refractivity contribution in [3.05, 3.63) is 22.8 Å². The van der Waals surface area contributed by atoms with Gasteiger partial charge in [0, 0.05) is 14.1 Å². The Hall–Kier alpha value is -2.23. The van der Waals surface area contributed by atoms with Crippen LogP contribution in [0.5, 0.6) is 0 Å². The van der Waals surface area contributed by atoms with Crippen LogP contribution in [0, 0.1) is 10.1 Å². The van der Waals surface area contributed by atoms with Crippen LogP contribution in [0.4, 0.5) is 11.5 Å². The van der Waals surface area contributed by atoms with Gasteiger partial charge in [0.2, 0.25) is 5.82 Å². The Bertz CT molecular complexity index is 585. The summed E-state index contributed by atoms with van der Waals surface area (Å²) in [5, 5.41) is 18.3. The fraction of sp³-hybridized carbons (Fsp3) is 0.250. The first kappa shape index (κ1) is 12.2. The Morgan fingerprint density at radius 3 is 2.72 bits per heavy atom. The molecule has 0 spiro atoms. The van der Waals surface area contributed by atoms with E-state index in [2.05, 4.69) is 25.4 Å². The van der Waals surface area contributed by atoms with Crippen LogP contribution in [0.15, 0.2) is 22.8 Å². The molecule has 2 aromatic rings. The van der Waals surface area contributed by atoms with Crippen LogP contribution in [0.3, 0.4) is 0 Å². The largest absolute Gasteiger partial charge is 0.367 e. The molecule has 2 rings (SSSR count). The van der Waals surface area contributed by atoms with Crippen molar-refractivity contribution >= 4 is 23.3 Å². The summed E-state index contributed by atoms with van der Waals surface area (Å²) in [5.74, 6) is 0.166. The first-order valence-electron chi connectivity index (χ1n) is 4.82. The van der Waals surface area contributed by atoms with E-state index in [1.165, 1.54) is 17.3 Å². The number of hydrogen-bond donors (Lipinski definition) is 1. The lowest BCUT2D eigenvalue weighted by Crippen LogP contribution is -2.03.